The van der Waals surface area contributed by atoms with Crippen LogP contribution in [0.2, 0.25) is 0 Å². The van der Waals surface area contributed by atoms with Crippen molar-refractivity contribution in [3.63, 3.8) is 0 Å². The van der Waals surface area contributed by atoms with E-state index in [4.69, 9.17) is 4.74 Å². The minimum atomic E-state index is 0.423. The number of piperazine rings is 1. The molecule has 1 aliphatic heterocycles. The molecular weight excluding hydrogens is 296 g/mol. The molecule has 0 amide bonds. The van der Waals surface area contributed by atoms with Crippen molar-refractivity contribution in [3.8, 4) is 11.1 Å². The van der Waals surface area contributed by atoms with E-state index in [-0.39, 0.29) is 0 Å². The van der Waals surface area contributed by atoms with Crippen molar-refractivity contribution >= 4 is 0 Å². The van der Waals surface area contributed by atoms with Crippen LogP contribution in [0, 0.1) is 0 Å². The summed E-state index contributed by atoms with van der Waals surface area (Å²) in [5.41, 5.74) is 5.77. The van der Waals surface area contributed by atoms with Crippen molar-refractivity contribution in [3.05, 3.63) is 59.7 Å². The summed E-state index contributed by atoms with van der Waals surface area (Å²) in [5.74, 6) is 0. The minimum Gasteiger partial charge on any atom is -0.380 e. The number of hydrogen-bond donors (Lipinski definition) is 0. The molecule has 1 aliphatic carbocycles. The molecule has 126 valence electrons. The third-order valence-corrected chi connectivity index (χ3v) is 5.33. The molecule has 0 bridgehead atoms. The third kappa shape index (κ3) is 2.88. The van der Waals surface area contributed by atoms with Crippen LogP contribution in [-0.4, -0.2) is 55.7 Å². The van der Waals surface area contributed by atoms with Crippen molar-refractivity contribution in [2.24, 2.45) is 0 Å². The van der Waals surface area contributed by atoms with Gasteiger partial charge < -0.3 is 4.74 Å². The summed E-state index contributed by atoms with van der Waals surface area (Å²) in [6.45, 7) is 9.30. The van der Waals surface area contributed by atoms with Gasteiger partial charge in [-0.3, -0.25) is 9.80 Å². The lowest BCUT2D eigenvalue weighted by molar-refractivity contribution is 0.0716. The fraction of sp³-hybridized carbons (Fsp3) is 0.429. The topological polar surface area (TPSA) is 15.7 Å². The number of rotatable bonds is 5. The second-order valence-electron chi connectivity index (χ2n) is 6.65. The van der Waals surface area contributed by atoms with Gasteiger partial charge >= 0.3 is 0 Å². The molecule has 1 saturated heterocycles. The Bertz CT molecular complexity index is 646. The fourth-order valence-corrected chi connectivity index (χ4v) is 4.11. The van der Waals surface area contributed by atoms with Crippen LogP contribution in [0.5, 0.6) is 0 Å². The first-order valence-electron chi connectivity index (χ1n) is 9.11. The van der Waals surface area contributed by atoms with Gasteiger partial charge in [-0.05, 0) is 29.2 Å². The van der Waals surface area contributed by atoms with E-state index in [0.717, 1.165) is 45.9 Å². The molecule has 2 aromatic carbocycles. The van der Waals surface area contributed by atoms with Crippen molar-refractivity contribution in [1.29, 1.82) is 0 Å². The van der Waals surface area contributed by atoms with Crippen LogP contribution in [0.4, 0.5) is 0 Å². The zero-order valence-electron chi connectivity index (χ0n) is 14.4. The summed E-state index contributed by atoms with van der Waals surface area (Å²) >= 11 is 0. The quantitative estimate of drug-likeness (QED) is 0.785. The second kappa shape index (κ2) is 7.06. The first-order chi connectivity index (χ1) is 11.9. The Morgan fingerprint density at radius 2 is 1.46 bits per heavy atom. The molecule has 4 rings (SSSR count). The monoisotopic (exact) mass is 322 g/mol. The molecule has 24 heavy (non-hydrogen) atoms. The van der Waals surface area contributed by atoms with E-state index in [2.05, 4.69) is 65.3 Å². The highest BCUT2D eigenvalue weighted by Crippen LogP contribution is 2.46. The van der Waals surface area contributed by atoms with Gasteiger partial charge in [0.05, 0.1) is 12.6 Å². The molecule has 0 aromatic heterocycles. The van der Waals surface area contributed by atoms with Gasteiger partial charge in [0.15, 0.2) is 0 Å². The zero-order valence-corrected chi connectivity index (χ0v) is 14.4. The Balaban J connectivity index is 1.51. The lowest BCUT2D eigenvalue weighted by Crippen LogP contribution is -2.48. The molecule has 0 radical (unpaired) electrons. The van der Waals surface area contributed by atoms with Gasteiger partial charge in [-0.25, -0.2) is 0 Å². The first-order valence-corrected chi connectivity index (χ1v) is 9.11. The summed E-state index contributed by atoms with van der Waals surface area (Å²) in [6.07, 6.45) is 0. The van der Waals surface area contributed by atoms with Crippen molar-refractivity contribution in [2.75, 3.05) is 45.9 Å². The van der Waals surface area contributed by atoms with Crippen LogP contribution in [0.15, 0.2) is 48.5 Å². The minimum absolute atomic E-state index is 0.423. The number of nitrogens with zero attached hydrogens (tertiary/aromatic N) is 2. The Kier molecular flexibility index (Phi) is 4.65. The largest absolute Gasteiger partial charge is 0.380 e. The van der Waals surface area contributed by atoms with Gasteiger partial charge in [-0.1, -0.05) is 48.5 Å². The molecule has 0 N–H and O–H groups in total. The van der Waals surface area contributed by atoms with Gasteiger partial charge in [-0.2, -0.15) is 0 Å². The molecule has 3 heteroatoms. The number of fused-ring (bicyclic) bond motifs is 3. The normalized spacial score (nSPS) is 18.5. The van der Waals surface area contributed by atoms with Gasteiger partial charge in [0.1, 0.15) is 0 Å². The van der Waals surface area contributed by atoms with Crippen LogP contribution < -0.4 is 0 Å². The Morgan fingerprint density at radius 1 is 0.875 bits per heavy atom. The van der Waals surface area contributed by atoms with Crippen LogP contribution in [0.25, 0.3) is 11.1 Å². The molecule has 0 saturated carbocycles. The predicted octanol–water partition coefficient (Wildman–Crippen LogP) is 3.41. The standard InChI is InChI=1S/C21H26N2O/c1-2-24-16-15-22-11-13-23(14-12-22)21-19-9-5-3-7-17(19)18-8-4-6-10-20(18)21/h3-10,21H,2,11-16H2,1H3. The highest BCUT2D eigenvalue weighted by atomic mass is 16.5. The van der Waals surface area contributed by atoms with Gasteiger partial charge in [-0.15, -0.1) is 0 Å². The maximum atomic E-state index is 5.50. The SMILES string of the molecule is CCOCCN1CCN(C2c3ccccc3-c3ccccc32)CC1. The second-order valence-corrected chi connectivity index (χ2v) is 6.65. The van der Waals surface area contributed by atoms with E-state index in [1.165, 1.54) is 22.3 Å². The average molecular weight is 322 g/mol. The van der Waals surface area contributed by atoms with Gasteiger partial charge in [0.2, 0.25) is 0 Å². The highest BCUT2D eigenvalue weighted by Gasteiger charge is 2.33. The molecule has 1 heterocycles. The van der Waals surface area contributed by atoms with E-state index in [9.17, 15) is 0 Å². The highest BCUT2D eigenvalue weighted by molar-refractivity contribution is 5.78. The van der Waals surface area contributed by atoms with E-state index in [1.807, 2.05) is 0 Å². The summed E-state index contributed by atoms with van der Waals surface area (Å²) in [5, 5.41) is 0. The Labute approximate surface area is 144 Å². The Morgan fingerprint density at radius 3 is 2.04 bits per heavy atom. The van der Waals surface area contributed by atoms with Crippen LogP contribution in [0.3, 0.4) is 0 Å². The lowest BCUT2D eigenvalue weighted by atomic mass is 10.0. The fourth-order valence-electron chi connectivity index (χ4n) is 4.11. The van der Waals surface area contributed by atoms with E-state index in [0.29, 0.717) is 6.04 Å². The number of benzene rings is 2. The molecule has 0 spiro atoms. The Hall–Kier alpha value is -1.68. The van der Waals surface area contributed by atoms with Crippen molar-refractivity contribution < 1.29 is 4.74 Å². The number of hydrogen-bond acceptors (Lipinski definition) is 3. The maximum absolute atomic E-state index is 5.50. The molecule has 2 aliphatic rings. The predicted molar refractivity (Wildman–Crippen MR) is 98.2 cm³/mol. The smallest absolute Gasteiger partial charge is 0.0614 e. The van der Waals surface area contributed by atoms with Gasteiger partial charge in [0, 0.05) is 39.3 Å². The zero-order chi connectivity index (χ0) is 16.4. The van der Waals surface area contributed by atoms with E-state index >= 15 is 0 Å². The van der Waals surface area contributed by atoms with Gasteiger partial charge in [0.25, 0.3) is 0 Å². The third-order valence-electron chi connectivity index (χ3n) is 5.33. The molecule has 2 aromatic rings. The van der Waals surface area contributed by atoms with E-state index < -0.39 is 0 Å². The molecule has 1 fully saturated rings. The molecular formula is C21H26N2O. The average Bonchev–Trinajstić information content (AvgIpc) is 2.97. The number of ether oxygens (including phenoxy) is 1. The van der Waals surface area contributed by atoms with Crippen molar-refractivity contribution in [2.45, 2.75) is 13.0 Å². The van der Waals surface area contributed by atoms with Crippen LogP contribution in [0.1, 0.15) is 24.1 Å². The first kappa shape index (κ1) is 15.8. The summed E-state index contributed by atoms with van der Waals surface area (Å²) in [6, 6.07) is 18.2. The molecule has 0 unspecified atom stereocenters. The summed E-state index contributed by atoms with van der Waals surface area (Å²) in [7, 11) is 0. The van der Waals surface area contributed by atoms with Crippen LogP contribution in [-0.2, 0) is 4.74 Å². The molecule has 0 atom stereocenters. The van der Waals surface area contributed by atoms with E-state index in [1.54, 1.807) is 0 Å². The molecule has 3 nitrogen and oxygen atoms in total. The van der Waals surface area contributed by atoms with Crippen LogP contribution >= 0.6 is 0 Å². The van der Waals surface area contributed by atoms with Crippen molar-refractivity contribution in [1.82, 2.24) is 9.80 Å². The maximum Gasteiger partial charge on any atom is 0.0614 e. The summed E-state index contributed by atoms with van der Waals surface area (Å²) < 4.78 is 5.50. The summed E-state index contributed by atoms with van der Waals surface area (Å²) in [4.78, 5) is 5.18. The lowest BCUT2D eigenvalue weighted by Gasteiger charge is -2.38.